The number of ether oxygens (including phenoxy) is 2. The van der Waals surface area contributed by atoms with E-state index in [2.05, 4.69) is 13.8 Å². The molecule has 0 aliphatic heterocycles. The summed E-state index contributed by atoms with van der Waals surface area (Å²) in [5, 5.41) is 0. The summed E-state index contributed by atoms with van der Waals surface area (Å²) in [6.07, 6.45) is 6.01. The van der Waals surface area contributed by atoms with E-state index in [1.807, 2.05) is 6.92 Å². The van der Waals surface area contributed by atoms with Crippen molar-refractivity contribution < 1.29 is 19.1 Å². The third-order valence-electron chi connectivity index (χ3n) is 2.79. The van der Waals surface area contributed by atoms with Crippen LogP contribution in [-0.4, -0.2) is 24.6 Å². The lowest BCUT2D eigenvalue weighted by molar-refractivity contribution is -0.154. The third kappa shape index (κ3) is 10.5. The Morgan fingerprint density at radius 1 is 0.895 bits per heavy atom. The van der Waals surface area contributed by atoms with E-state index in [-0.39, 0.29) is 30.9 Å². The minimum Gasteiger partial charge on any atom is -0.466 e. The molecule has 0 fully saturated rings. The number of hydrogen-bond donors (Lipinski definition) is 0. The van der Waals surface area contributed by atoms with Gasteiger partial charge in [-0.1, -0.05) is 40.0 Å². The number of carbonyl (C=O) groups excluding carboxylic acids is 2. The van der Waals surface area contributed by atoms with Crippen LogP contribution in [0.3, 0.4) is 0 Å². The zero-order valence-corrected chi connectivity index (χ0v) is 12.6. The maximum absolute atomic E-state index is 11.6. The van der Waals surface area contributed by atoms with Crippen molar-refractivity contribution in [2.24, 2.45) is 0 Å². The van der Waals surface area contributed by atoms with Crippen LogP contribution in [0.15, 0.2) is 0 Å². The molecule has 4 heteroatoms. The zero-order chi connectivity index (χ0) is 14.5. The Kier molecular flexibility index (Phi) is 11.3. The molecule has 0 amide bonds. The number of unbranched alkanes of at least 4 members (excludes halogenated alkanes) is 1. The van der Waals surface area contributed by atoms with E-state index in [4.69, 9.17) is 9.47 Å². The van der Waals surface area contributed by atoms with Crippen molar-refractivity contribution in [3.05, 3.63) is 0 Å². The molecule has 0 aromatic heterocycles. The summed E-state index contributed by atoms with van der Waals surface area (Å²) in [6, 6.07) is 0. The maximum atomic E-state index is 11.6. The van der Waals surface area contributed by atoms with Gasteiger partial charge in [0, 0.05) is 0 Å². The number of carbonyl (C=O) groups is 2. The highest BCUT2D eigenvalue weighted by Gasteiger charge is 2.14. The van der Waals surface area contributed by atoms with E-state index >= 15 is 0 Å². The van der Waals surface area contributed by atoms with Crippen molar-refractivity contribution in [3.63, 3.8) is 0 Å². The van der Waals surface area contributed by atoms with Crippen LogP contribution in [0, 0.1) is 0 Å². The van der Waals surface area contributed by atoms with Gasteiger partial charge in [0.05, 0.1) is 19.4 Å². The van der Waals surface area contributed by atoms with Crippen LogP contribution in [0.5, 0.6) is 0 Å². The molecular formula is C15H28O4. The molecule has 0 aromatic carbocycles. The fraction of sp³-hybridized carbons (Fsp3) is 0.867. The molecule has 0 aliphatic carbocycles. The molecular weight excluding hydrogens is 244 g/mol. The predicted molar refractivity (Wildman–Crippen MR) is 74.8 cm³/mol. The lowest BCUT2D eigenvalue weighted by Crippen LogP contribution is -2.19. The van der Waals surface area contributed by atoms with Crippen LogP contribution in [0.4, 0.5) is 0 Å². The van der Waals surface area contributed by atoms with E-state index in [0.717, 1.165) is 38.5 Å². The topological polar surface area (TPSA) is 52.6 Å². The van der Waals surface area contributed by atoms with Gasteiger partial charge in [0.2, 0.25) is 0 Å². The molecule has 0 aliphatic rings. The summed E-state index contributed by atoms with van der Waals surface area (Å²) in [7, 11) is 0. The normalized spacial score (nSPS) is 11.9. The minimum atomic E-state index is -0.320. The Bertz CT molecular complexity index is 251. The molecule has 0 heterocycles. The van der Waals surface area contributed by atoms with Gasteiger partial charge in [-0.15, -0.1) is 0 Å². The van der Waals surface area contributed by atoms with Gasteiger partial charge in [-0.2, -0.15) is 0 Å². The van der Waals surface area contributed by atoms with Crippen molar-refractivity contribution >= 4 is 11.9 Å². The van der Waals surface area contributed by atoms with Gasteiger partial charge < -0.3 is 9.47 Å². The third-order valence-corrected chi connectivity index (χ3v) is 2.79. The van der Waals surface area contributed by atoms with E-state index < -0.39 is 0 Å². The van der Waals surface area contributed by atoms with Gasteiger partial charge in [0.15, 0.2) is 0 Å². The molecule has 0 spiro atoms. The van der Waals surface area contributed by atoms with E-state index in [1.165, 1.54) is 0 Å². The molecule has 1 atom stereocenters. The molecule has 0 radical (unpaired) electrons. The molecule has 0 N–H and O–H groups in total. The van der Waals surface area contributed by atoms with E-state index in [1.54, 1.807) is 0 Å². The summed E-state index contributed by atoms with van der Waals surface area (Å²) in [5.41, 5.74) is 0. The highest BCUT2D eigenvalue weighted by molar-refractivity contribution is 5.77. The van der Waals surface area contributed by atoms with Gasteiger partial charge >= 0.3 is 11.9 Å². The van der Waals surface area contributed by atoms with Gasteiger partial charge in [-0.3, -0.25) is 9.59 Å². The molecule has 1 unspecified atom stereocenters. The molecule has 112 valence electrons. The van der Waals surface area contributed by atoms with Crippen molar-refractivity contribution in [1.82, 2.24) is 0 Å². The van der Waals surface area contributed by atoms with Crippen LogP contribution in [0.25, 0.3) is 0 Å². The van der Waals surface area contributed by atoms with Crippen molar-refractivity contribution in [3.8, 4) is 0 Å². The number of esters is 2. The first kappa shape index (κ1) is 17.9. The fourth-order valence-corrected chi connectivity index (χ4v) is 1.75. The Morgan fingerprint density at radius 2 is 1.58 bits per heavy atom. The summed E-state index contributed by atoms with van der Waals surface area (Å²) < 4.78 is 10.3. The number of hydrogen-bond acceptors (Lipinski definition) is 4. The van der Waals surface area contributed by atoms with Crippen molar-refractivity contribution in [1.29, 1.82) is 0 Å². The summed E-state index contributed by atoms with van der Waals surface area (Å²) in [4.78, 5) is 22.9. The highest BCUT2D eigenvalue weighted by atomic mass is 16.5. The van der Waals surface area contributed by atoms with Crippen LogP contribution < -0.4 is 0 Å². The smallest absolute Gasteiger partial charge is 0.306 e. The van der Waals surface area contributed by atoms with Gasteiger partial charge in [-0.25, -0.2) is 0 Å². The zero-order valence-electron chi connectivity index (χ0n) is 12.6. The van der Waals surface area contributed by atoms with Gasteiger partial charge in [-0.05, 0) is 19.3 Å². The SMILES string of the molecule is CCCCC(CCC)OC(=O)CCC(=O)OCCC. The van der Waals surface area contributed by atoms with Crippen molar-refractivity contribution in [2.45, 2.75) is 78.2 Å². The van der Waals surface area contributed by atoms with E-state index in [0.29, 0.717) is 6.61 Å². The van der Waals surface area contributed by atoms with Crippen molar-refractivity contribution in [2.75, 3.05) is 6.61 Å². The standard InChI is InChI=1S/C15H28O4/c1-4-7-9-13(8-5-2)19-15(17)11-10-14(16)18-12-6-3/h13H,4-12H2,1-3H3. The Labute approximate surface area is 116 Å². The summed E-state index contributed by atoms with van der Waals surface area (Å²) >= 11 is 0. The average Bonchev–Trinajstić information content (AvgIpc) is 2.40. The molecule has 0 rings (SSSR count). The second-order valence-electron chi connectivity index (χ2n) is 4.76. The molecule has 0 saturated heterocycles. The molecule has 0 aromatic rings. The Balaban J connectivity index is 3.87. The quantitative estimate of drug-likeness (QED) is 0.539. The average molecular weight is 272 g/mol. The first-order chi connectivity index (χ1) is 9.13. The largest absolute Gasteiger partial charge is 0.466 e. The predicted octanol–water partition coefficient (Wildman–Crippen LogP) is 3.62. The first-order valence-corrected chi connectivity index (χ1v) is 7.49. The molecule has 0 bridgehead atoms. The van der Waals surface area contributed by atoms with Gasteiger partial charge in [0.25, 0.3) is 0 Å². The Hall–Kier alpha value is -1.06. The lowest BCUT2D eigenvalue weighted by Gasteiger charge is -2.16. The van der Waals surface area contributed by atoms with Crippen LogP contribution in [-0.2, 0) is 19.1 Å². The van der Waals surface area contributed by atoms with Crippen LogP contribution >= 0.6 is 0 Å². The highest BCUT2D eigenvalue weighted by Crippen LogP contribution is 2.12. The van der Waals surface area contributed by atoms with Crippen LogP contribution in [0.1, 0.15) is 72.1 Å². The second-order valence-corrected chi connectivity index (χ2v) is 4.76. The Morgan fingerprint density at radius 3 is 2.16 bits per heavy atom. The number of rotatable bonds is 11. The lowest BCUT2D eigenvalue weighted by atomic mass is 10.1. The summed E-state index contributed by atoms with van der Waals surface area (Å²) in [5.74, 6) is -0.609. The fourth-order valence-electron chi connectivity index (χ4n) is 1.75. The molecule has 4 nitrogen and oxygen atoms in total. The first-order valence-electron chi connectivity index (χ1n) is 7.49. The minimum absolute atomic E-state index is 0.00381. The van der Waals surface area contributed by atoms with Crippen LogP contribution in [0.2, 0.25) is 0 Å². The second kappa shape index (κ2) is 12.0. The maximum Gasteiger partial charge on any atom is 0.306 e. The van der Waals surface area contributed by atoms with Gasteiger partial charge in [0.1, 0.15) is 6.10 Å². The molecule has 0 saturated carbocycles. The molecule has 19 heavy (non-hydrogen) atoms. The van der Waals surface area contributed by atoms with E-state index in [9.17, 15) is 9.59 Å². The summed E-state index contributed by atoms with van der Waals surface area (Å²) in [6.45, 7) is 6.55. The monoisotopic (exact) mass is 272 g/mol.